The summed E-state index contributed by atoms with van der Waals surface area (Å²) in [6.07, 6.45) is 8.15. The van der Waals surface area contributed by atoms with E-state index in [1.54, 1.807) is 0 Å². The molecule has 0 spiro atoms. The Labute approximate surface area is 207 Å². The predicted molar refractivity (Wildman–Crippen MR) is 135 cm³/mol. The molecule has 0 bridgehead atoms. The highest BCUT2D eigenvalue weighted by Gasteiger charge is 2.71. The van der Waals surface area contributed by atoms with Crippen LogP contribution in [0, 0.1) is 50.2 Å². The Morgan fingerprint density at radius 1 is 0.824 bits per heavy atom. The van der Waals surface area contributed by atoms with Crippen molar-refractivity contribution in [3.05, 3.63) is 11.6 Å². The van der Waals surface area contributed by atoms with Gasteiger partial charge in [0.05, 0.1) is 24.9 Å². The van der Waals surface area contributed by atoms with Crippen LogP contribution in [0.1, 0.15) is 99.8 Å². The highest BCUT2D eigenvalue weighted by molar-refractivity contribution is 5.36. The summed E-state index contributed by atoms with van der Waals surface area (Å²) in [4.78, 5) is 0. The molecule has 0 radical (unpaired) electrons. The van der Waals surface area contributed by atoms with Crippen LogP contribution < -0.4 is 0 Å². The fourth-order valence-corrected chi connectivity index (χ4v) is 10.8. The van der Waals surface area contributed by atoms with Crippen molar-refractivity contribution in [2.75, 3.05) is 6.61 Å². The van der Waals surface area contributed by atoms with E-state index in [1.807, 2.05) is 0 Å². The molecule has 0 heterocycles. The Hall–Kier alpha value is -0.420. The molecule has 0 aromatic carbocycles. The van der Waals surface area contributed by atoms with Crippen molar-refractivity contribution in [2.24, 2.45) is 50.2 Å². The van der Waals surface area contributed by atoms with Crippen LogP contribution >= 0.6 is 0 Å². The molecule has 10 atom stereocenters. The van der Waals surface area contributed by atoms with Gasteiger partial charge >= 0.3 is 0 Å². The summed E-state index contributed by atoms with van der Waals surface area (Å²) < 4.78 is 0. The average Bonchev–Trinajstić information content (AvgIpc) is 2.72. The number of fused-ring (bicyclic) bond motifs is 7. The lowest BCUT2D eigenvalue weighted by Gasteiger charge is -2.72. The average molecular weight is 475 g/mol. The Morgan fingerprint density at radius 3 is 2.15 bits per heavy atom. The van der Waals surface area contributed by atoms with Gasteiger partial charge in [0.25, 0.3) is 0 Å². The summed E-state index contributed by atoms with van der Waals surface area (Å²) in [5, 5.41) is 45.2. The van der Waals surface area contributed by atoms with E-state index in [0.717, 1.165) is 44.9 Å². The lowest BCUT2D eigenvalue weighted by Crippen LogP contribution is -2.69. The quantitative estimate of drug-likeness (QED) is 0.399. The second kappa shape index (κ2) is 7.33. The van der Waals surface area contributed by atoms with Gasteiger partial charge < -0.3 is 20.4 Å². The van der Waals surface area contributed by atoms with Gasteiger partial charge in [0.1, 0.15) is 0 Å². The minimum Gasteiger partial charge on any atom is -0.396 e. The zero-order valence-electron chi connectivity index (χ0n) is 22.7. The first-order valence-electron chi connectivity index (χ1n) is 14.0. The van der Waals surface area contributed by atoms with Crippen LogP contribution in [0.3, 0.4) is 0 Å². The molecule has 0 aliphatic heterocycles. The predicted octanol–water partition coefficient (Wildman–Crippen LogP) is 5.08. The van der Waals surface area contributed by atoms with Crippen molar-refractivity contribution in [3.8, 4) is 0 Å². The molecule has 5 aliphatic carbocycles. The summed E-state index contributed by atoms with van der Waals surface area (Å²) in [6.45, 7) is 16.3. The van der Waals surface area contributed by atoms with E-state index in [2.05, 4.69) is 54.5 Å². The van der Waals surface area contributed by atoms with Gasteiger partial charge in [0.2, 0.25) is 0 Å². The SMILES string of the molecule is CC1(C)CC[C@]2(CO)[C@H](O)C[C@]3(C)C(=C[C@@H](O)[C@@H]4[C@@]5(C)CC[C@H](O)C(C)(C)[C@@H]5CC[C@]43C)[C@@H]2C1. The summed E-state index contributed by atoms with van der Waals surface area (Å²) >= 11 is 0. The molecule has 4 heteroatoms. The highest BCUT2D eigenvalue weighted by atomic mass is 16.3. The first-order valence-corrected chi connectivity index (χ1v) is 14.0. The second-order valence-corrected chi connectivity index (χ2v) is 15.3. The smallest absolute Gasteiger partial charge is 0.0762 e. The van der Waals surface area contributed by atoms with E-state index in [9.17, 15) is 20.4 Å². The fourth-order valence-electron chi connectivity index (χ4n) is 10.8. The fraction of sp³-hybridized carbons (Fsp3) is 0.933. The standard InChI is InChI=1S/C30H50O4/c1-25(2)12-13-30(17-31)19(15-25)18-14-20(32)24-27(5)10-9-22(33)26(3,4)21(27)8-11-28(24,6)29(18,7)16-23(30)34/h14,19-24,31-34H,8-13,15-17H2,1-7H3/t19-,20+,21-,22-,23+,24+,27-,28+,29+,30+/m0/s1. The summed E-state index contributed by atoms with van der Waals surface area (Å²) in [7, 11) is 0. The Bertz CT molecular complexity index is 877. The van der Waals surface area contributed by atoms with Crippen LogP contribution in [-0.2, 0) is 0 Å². The van der Waals surface area contributed by atoms with E-state index in [0.29, 0.717) is 12.3 Å². The summed E-state index contributed by atoms with van der Waals surface area (Å²) in [6, 6.07) is 0. The molecular formula is C30H50O4. The number of rotatable bonds is 1. The van der Waals surface area contributed by atoms with Crippen LogP contribution in [0.2, 0.25) is 0 Å². The monoisotopic (exact) mass is 474 g/mol. The number of allylic oxidation sites excluding steroid dienone is 1. The van der Waals surface area contributed by atoms with Crippen LogP contribution in [0.5, 0.6) is 0 Å². The van der Waals surface area contributed by atoms with Gasteiger partial charge in [-0.2, -0.15) is 0 Å². The Balaban J connectivity index is 1.65. The van der Waals surface area contributed by atoms with Crippen molar-refractivity contribution >= 4 is 0 Å². The zero-order chi connectivity index (χ0) is 25.1. The maximum absolute atomic E-state index is 11.9. The largest absolute Gasteiger partial charge is 0.396 e. The van der Waals surface area contributed by atoms with Gasteiger partial charge in [-0.1, -0.05) is 60.1 Å². The van der Waals surface area contributed by atoms with Gasteiger partial charge in [-0.15, -0.1) is 0 Å². The van der Waals surface area contributed by atoms with Gasteiger partial charge in [-0.3, -0.25) is 0 Å². The molecule has 5 aliphatic rings. The first kappa shape index (κ1) is 25.2. The molecule has 5 rings (SSSR count). The van der Waals surface area contributed by atoms with E-state index < -0.39 is 17.6 Å². The number of hydrogen-bond acceptors (Lipinski definition) is 4. The molecule has 0 aromatic heterocycles. The van der Waals surface area contributed by atoms with Crippen LogP contribution in [-0.4, -0.2) is 45.3 Å². The molecular weight excluding hydrogens is 424 g/mol. The molecule has 34 heavy (non-hydrogen) atoms. The third-order valence-corrected chi connectivity index (χ3v) is 13.1. The van der Waals surface area contributed by atoms with Gasteiger partial charge in [-0.05, 0) is 90.3 Å². The third kappa shape index (κ3) is 2.92. The van der Waals surface area contributed by atoms with E-state index >= 15 is 0 Å². The van der Waals surface area contributed by atoms with Crippen molar-refractivity contribution in [1.82, 2.24) is 0 Å². The third-order valence-electron chi connectivity index (χ3n) is 13.1. The molecule has 4 saturated carbocycles. The normalized spacial score (nSPS) is 55.8. The second-order valence-electron chi connectivity index (χ2n) is 15.3. The van der Waals surface area contributed by atoms with E-state index in [4.69, 9.17) is 0 Å². The number of aliphatic hydroxyl groups is 4. The number of hydrogen-bond donors (Lipinski definition) is 4. The lowest BCUT2D eigenvalue weighted by molar-refractivity contribution is -0.237. The molecule has 0 amide bonds. The Kier molecular flexibility index (Phi) is 5.44. The molecule has 4 fully saturated rings. The molecule has 0 saturated heterocycles. The van der Waals surface area contributed by atoms with Crippen LogP contribution in [0.25, 0.3) is 0 Å². The maximum atomic E-state index is 11.9. The first-order chi connectivity index (χ1) is 15.6. The zero-order valence-corrected chi connectivity index (χ0v) is 22.7. The minimum atomic E-state index is -0.524. The van der Waals surface area contributed by atoms with Crippen molar-refractivity contribution in [1.29, 1.82) is 0 Å². The minimum absolute atomic E-state index is 0.0183. The lowest BCUT2D eigenvalue weighted by atomic mass is 9.33. The van der Waals surface area contributed by atoms with E-state index in [-0.39, 0.29) is 51.6 Å². The van der Waals surface area contributed by atoms with Crippen molar-refractivity contribution in [3.63, 3.8) is 0 Å². The molecule has 4 nitrogen and oxygen atoms in total. The number of aliphatic hydroxyl groups excluding tert-OH is 4. The molecule has 0 aromatic rings. The van der Waals surface area contributed by atoms with Gasteiger partial charge in [-0.25, -0.2) is 0 Å². The molecule has 0 unspecified atom stereocenters. The van der Waals surface area contributed by atoms with Crippen LogP contribution in [0.15, 0.2) is 11.6 Å². The summed E-state index contributed by atoms with van der Waals surface area (Å²) in [5.74, 6) is 0.580. The van der Waals surface area contributed by atoms with E-state index in [1.165, 1.54) is 5.57 Å². The van der Waals surface area contributed by atoms with Crippen LogP contribution in [0.4, 0.5) is 0 Å². The van der Waals surface area contributed by atoms with Crippen molar-refractivity contribution < 1.29 is 20.4 Å². The van der Waals surface area contributed by atoms with Gasteiger partial charge in [0, 0.05) is 11.3 Å². The summed E-state index contributed by atoms with van der Waals surface area (Å²) in [5.41, 5.74) is 0.446. The van der Waals surface area contributed by atoms with Crippen molar-refractivity contribution in [2.45, 2.75) is 118 Å². The topological polar surface area (TPSA) is 80.9 Å². The molecule has 4 N–H and O–H groups in total. The Morgan fingerprint density at radius 2 is 1.50 bits per heavy atom. The highest BCUT2D eigenvalue weighted by Crippen LogP contribution is 2.75. The van der Waals surface area contributed by atoms with Gasteiger partial charge in [0.15, 0.2) is 0 Å². The maximum Gasteiger partial charge on any atom is 0.0762 e. The molecule has 194 valence electrons.